The van der Waals surface area contributed by atoms with Crippen molar-refractivity contribution in [2.24, 2.45) is 0 Å². The van der Waals surface area contributed by atoms with Gasteiger partial charge in [0, 0.05) is 29.5 Å². The van der Waals surface area contributed by atoms with Gasteiger partial charge in [0.1, 0.15) is 5.82 Å². The number of benzene rings is 3. The summed E-state index contributed by atoms with van der Waals surface area (Å²) in [4.78, 5) is 17.2. The molecule has 1 N–H and O–H groups in total. The number of hydrogen-bond donors (Lipinski definition) is 1. The molecule has 0 saturated carbocycles. The topological polar surface area (TPSA) is 46.9 Å². The maximum absolute atomic E-state index is 12.3. The Kier molecular flexibility index (Phi) is 6.52. The average Bonchev–Trinajstić information content (AvgIpc) is 3.11. The Morgan fingerprint density at radius 3 is 2.61 bits per heavy atom. The summed E-state index contributed by atoms with van der Waals surface area (Å²) >= 11 is 3.40. The Labute approximate surface area is 191 Å². The molecular weight excluding hydrogens is 450 g/mol. The van der Waals surface area contributed by atoms with Crippen LogP contribution in [0.15, 0.2) is 71.2 Å². The molecule has 0 fully saturated rings. The second-order valence-electron chi connectivity index (χ2n) is 7.90. The number of fused-ring (bicyclic) bond motifs is 1. The molecular formula is C26H26BrN3O. The number of carbonyl (C=O) groups is 1. The first-order valence-electron chi connectivity index (χ1n) is 10.6. The molecule has 0 atom stereocenters. The summed E-state index contributed by atoms with van der Waals surface area (Å²) < 4.78 is 3.28. The average molecular weight is 476 g/mol. The number of aryl methyl sites for hydroxylation is 3. The molecule has 0 unspecified atom stereocenters. The highest BCUT2D eigenvalue weighted by Crippen LogP contribution is 2.21. The number of carbonyl (C=O) groups excluding carboxylic acids is 1. The van der Waals surface area contributed by atoms with Crippen LogP contribution in [0.25, 0.3) is 11.0 Å². The minimum absolute atomic E-state index is 0.0450. The lowest BCUT2D eigenvalue weighted by atomic mass is 10.1. The zero-order chi connectivity index (χ0) is 21.8. The molecule has 0 saturated heterocycles. The molecule has 4 nitrogen and oxygen atoms in total. The minimum Gasteiger partial charge on any atom is -0.352 e. The van der Waals surface area contributed by atoms with Crippen LogP contribution in [0, 0.1) is 13.8 Å². The highest BCUT2D eigenvalue weighted by Gasteiger charge is 2.12. The van der Waals surface area contributed by atoms with Crippen LogP contribution in [-0.2, 0) is 13.0 Å². The van der Waals surface area contributed by atoms with Gasteiger partial charge in [0.2, 0.25) is 0 Å². The van der Waals surface area contributed by atoms with Gasteiger partial charge in [-0.1, -0.05) is 51.8 Å². The number of hydrogen-bond acceptors (Lipinski definition) is 2. The lowest BCUT2D eigenvalue weighted by molar-refractivity contribution is 0.0953. The molecule has 3 aromatic carbocycles. The highest BCUT2D eigenvalue weighted by atomic mass is 79.9. The summed E-state index contributed by atoms with van der Waals surface area (Å²) in [5.41, 5.74) is 6.70. The number of halogens is 1. The normalized spacial score (nSPS) is 11.1. The third kappa shape index (κ3) is 5.05. The van der Waals surface area contributed by atoms with Crippen molar-refractivity contribution in [2.45, 2.75) is 33.2 Å². The molecule has 0 aliphatic heterocycles. The van der Waals surface area contributed by atoms with Crippen LogP contribution in [0.1, 0.15) is 39.3 Å². The second kappa shape index (κ2) is 9.48. The molecule has 31 heavy (non-hydrogen) atoms. The lowest BCUT2D eigenvalue weighted by Crippen LogP contribution is -2.25. The van der Waals surface area contributed by atoms with Crippen molar-refractivity contribution in [2.75, 3.05) is 6.54 Å². The van der Waals surface area contributed by atoms with Gasteiger partial charge < -0.3 is 9.88 Å². The van der Waals surface area contributed by atoms with Crippen molar-refractivity contribution in [3.63, 3.8) is 0 Å². The van der Waals surface area contributed by atoms with Crippen molar-refractivity contribution in [1.82, 2.24) is 14.9 Å². The van der Waals surface area contributed by atoms with E-state index in [1.807, 2.05) is 30.3 Å². The Morgan fingerprint density at radius 1 is 1.03 bits per heavy atom. The zero-order valence-corrected chi connectivity index (χ0v) is 19.4. The number of aromatic nitrogens is 2. The predicted octanol–water partition coefficient (Wildman–Crippen LogP) is 5.83. The Balaban J connectivity index is 1.47. The minimum atomic E-state index is -0.0450. The molecule has 4 aromatic rings. The molecule has 0 spiro atoms. The molecule has 1 heterocycles. The van der Waals surface area contributed by atoms with Gasteiger partial charge in [0.15, 0.2) is 0 Å². The van der Waals surface area contributed by atoms with Crippen molar-refractivity contribution in [3.8, 4) is 0 Å². The van der Waals surface area contributed by atoms with E-state index in [0.29, 0.717) is 12.1 Å². The van der Waals surface area contributed by atoms with Gasteiger partial charge in [-0.25, -0.2) is 4.98 Å². The molecule has 1 aromatic heterocycles. The van der Waals surface area contributed by atoms with E-state index < -0.39 is 0 Å². The first-order valence-corrected chi connectivity index (χ1v) is 11.3. The van der Waals surface area contributed by atoms with Crippen LogP contribution in [0.2, 0.25) is 0 Å². The monoisotopic (exact) mass is 475 g/mol. The van der Waals surface area contributed by atoms with Crippen molar-refractivity contribution >= 4 is 32.9 Å². The van der Waals surface area contributed by atoms with Gasteiger partial charge in [-0.3, -0.25) is 4.79 Å². The molecule has 0 aliphatic carbocycles. The molecule has 4 rings (SSSR count). The van der Waals surface area contributed by atoms with E-state index in [2.05, 4.69) is 76.1 Å². The van der Waals surface area contributed by atoms with E-state index in [1.54, 1.807) is 0 Å². The van der Waals surface area contributed by atoms with Crippen LogP contribution in [0.3, 0.4) is 0 Å². The number of rotatable bonds is 7. The molecule has 158 valence electrons. The summed E-state index contributed by atoms with van der Waals surface area (Å²) in [7, 11) is 0. The first kappa shape index (κ1) is 21.3. The fourth-order valence-electron chi connectivity index (χ4n) is 3.79. The molecule has 0 radical (unpaired) electrons. The van der Waals surface area contributed by atoms with E-state index in [-0.39, 0.29) is 5.91 Å². The largest absolute Gasteiger partial charge is 0.352 e. The van der Waals surface area contributed by atoms with Gasteiger partial charge in [0.25, 0.3) is 5.91 Å². The quantitative estimate of drug-likeness (QED) is 0.342. The second-order valence-corrected chi connectivity index (χ2v) is 8.81. The predicted molar refractivity (Wildman–Crippen MR) is 130 cm³/mol. The number of nitrogens with one attached hydrogen (secondary N) is 1. The van der Waals surface area contributed by atoms with Crippen LogP contribution < -0.4 is 5.32 Å². The third-order valence-electron chi connectivity index (χ3n) is 5.54. The standard InChI is InChI=1S/C26H26BrN3O/c1-18-9-10-19(2)21(16-18)17-30-24-7-4-3-6-23(24)29-25(30)8-5-15-28-26(31)20-11-13-22(27)14-12-20/h3-4,6-7,9-14,16H,5,8,15,17H2,1-2H3,(H,28,31). The van der Waals surface area contributed by atoms with E-state index in [4.69, 9.17) is 4.98 Å². The Morgan fingerprint density at radius 2 is 1.81 bits per heavy atom. The van der Waals surface area contributed by atoms with Crippen molar-refractivity contribution in [3.05, 3.63) is 99.3 Å². The van der Waals surface area contributed by atoms with Crippen molar-refractivity contribution in [1.29, 1.82) is 0 Å². The maximum atomic E-state index is 12.3. The van der Waals surface area contributed by atoms with Gasteiger partial charge in [0.05, 0.1) is 11.0 Å². The summed E-state index contributed by atoms with van der Waals surface area (Å²) in [6.45, 7) is 5.70. The van der Waals surface area contributed by atoms with Gasteiger partial charge in [-0.2, -0.15) is 0 Å². The first-order chi connectivity index (χ1) is 15.0. The van der Waals surface area contributed by atoms with Crippen molar-refractivity contribution < 1.29 is 4.79 Å². The van der Waals surface area contributed by atoms with E-state index >= 15 is 0 Å². The smallest absolute Gasteiger partial charge is 0.251 e. The third-order valence-corrected chi connectivity index (χ3v) is 6.06. The fourth-order valence-corrected chi connectivity index (χ4v) is 4.05. The van der Waals surface area contributed by atoms with Gasteiger partial charge in [-0.05, 0) is 67.8 Å². The van der Waals surface area contributed by atoms with Crippen LogP contribution in [0.4, 0.5) is 0 Å². The van der Waals surface area contributed by atoms with Gasteiger partial charge >= 0.3 is 0 Å². The number of amides is 1. The summed E-state index contributed by atoms with van der Waals surface area (Å²) in [5, 5.41) is 3.02. The Hall–Kier alpha value is -2.92. The highest BCUT2D eigenvalue weighted by molar-refractivity contribution is 9.10. The SMILES string of the molecule is Cc1ccc(C)c(Cn2c(CCCNC(=O)c3ccc(Br)cc3)nc3ccccc32)c1. The molecule has 5 heteroatoms. The zero-order valence-electron chi connectivity index (χ0n) is 17.9. The van der Waals surface area contributed by atoms with Crippen LogP contribution in [-0.4, -0.2) is 22.0 Å². The molecule has 0 bridgehead atoms. The van der Waals surface area contributed by atoms with E-state index in [0.717, 1.165) is 40.7 Å². The lowest BCUT2D eigenvalue weighted by Gasteiger charge is -2.13. The number of imidazole rings is 1. The fraction of sp³-hybridized carbons (Fsp3) is 0.231. The van der Waals surface area contributed by atoms with E-state index in [9.17, 15) is 4.79 Å². The number of para-hydroxylation sites is 2. The van der Waals surface area contributed by atoms with E-state index in [1.165, 1.54) is 16.7 Å². The summed E-state index contributed by atoms with van der Waals surface area (Å²) in [5.74, 6) is 1.01. The maximum Gasteiger partial charge on any atom is 0.251 e. The van der Waals surface area contributed by atoms with Crippen LogP contribution >= 0.6 is 15.9 Å². The Bertz CT molecular complexity index is 1210. The molecule has 1 amide bonds. The number of nitrogens with zero attached hydrogens (tertiary/aromatic N) is 2. The molecule has 0 aliphatic rings. The van der Waals surface area contributed by atoms with Crippen LogP contribution in [0.5, 0.6) is 0 Å². The summed E-state index contributed by atoms with van der Waals surface area (Å²) in [6, 6.07) is 22.3. The van der Waals surface area contributed by atoms with Gasteiger partial charge in [-0.15, -0.1) is 0 Å². The summed E-state index contributed by atoms with van der Waals surface area (Å²) in [6.07, 6.45) is 1.64.